The molecule has 0 spiro atoms. The van der Waals surface area contributed by atoms with Crippen molar-refractivity contribution in [3.63, 3.8) is 0 Å². The van der Waals surface area contributed by atoms with Gasteiger partial charge in [-0.25, -0.2) is 0 Å². The molecule has 2 aromatic rings. The summed E-state index contributed by atoms with van der Waals surface area (Å²) >= 11 is 0. The number of nitrogens with zero attached hydrogens (tertiary/aromatic N) is 3. The Morgan fingerprint density at radius 3 is 2.27 bits per heavy atom. The molecule has 2 aromatic carbocycles. The molecule has 2 aliphatic heterocycles. The Hall–Kier alpha value is -2.33. The minimum Gasteiger partial charge on any atom is -0.369 e. The van der Waals surface area contributed by atoms with Gasteiger partial charge in [0.05, 0.1) is 0 Å². The summed E-state index contributed by atoms with van der Waals surface area (Å²) in [5.74, 6) is 0.357. The second-order valence-electron chi connectivity index (χ2n) is 8.69. The molecule has 0 saturated carbocycles. The van der Waals surface area contributed by atoms with Crippen LogP contribution in [0.4, 0.5) is 5.69 Å². The van der Waals surface area contributed by atoms with Gasteiger partial charge in [-0.05, 0) is 49.8 Å². The molecular weight excluding hydrogens is 370 g/mol. The van der Waals surface area contributed by atoms with E-state index >= 15 is 0 Å². The number of amides is 1. The smallest absolute Gasteiger partial charge is 0.222 e. The summed E-state index contributed by atoms with van der Waals surface area (Å²) < 4.78 is 0. The standard InChI is InChI=1S/C26H35N3O/c30-26(16-8-7-12-23-10-3-1-4-11-23)29-17-9-15-25(22-29)28-20-18-27(19-21-28)24-13-5-2-6-14-24/h1-6,10-11,13-14,25H,7-9,12,15-22H2. The molecule has 0 radical (unpaired) electrons. The molecule has 4 nitrogen and oxygen atoms in total. The molecule has 4 rings (SSSR count). The van der Waals surface area contributed by atoms with Gasteiger partial charge < -0.3 is 9.80 Å². The normalized spacial score (nSPS) is 20.3. The molecule has 0 bridgehead atoms. The summed E-state index contributed by atoms with van der Waals surface area (Å²) in [5, 5.41) is 0. The molecule has 1 atom stereocenters. The maximum atomic E-state index is 12.8. The van der Waals surface area contributed by atoms with Crippen molar-refractivity contribution in [1.29, 1.82) is 0 Å². The second kappa shape index (κ2) is 10.6. The highest BCUT2D eigenvalue weighted by Gasteiger charge is 2.29. The van der Waals surface area contributed by atoms with Crippen LogP contribution in [0.2, 0.25) is 0 Å². The SMILES string of the molecule is O=C(CCCCc1ccccc1)N1CCCC(N2CCN(c3ccccc3)CC2)C1. The molecule has 160 valence electrons. The predicted molar refractivity (Wildman–Crippen MR) is 124 cm³/mol. The van der Waals surface area contributed by atoms with E-state index in [0.29, 0.717) is 18.4 Å². The zero-order valence-corrected chi connectivity index (χ0v) is 18.1. The first kappa shape index (κ1) is 20.9. The fourth-order valence-electron chi connectivity index (χ4n) is 4.87. The largest absolute Gasteiger partial charge is 0.369 e. The van der Waals surface area contributed by atoms with Crippen molar-refractivity contribution in [2.75, 3.05) is 44.2 Å². The van der Waals surface area contributed by atoms with E-state index in [9.17, 15) is 4.79 Å². The molecular formula is C26H35N3O. The maximum Gasteiger partial charge on any atom is 0.222 e. The number of rotatable bonds is 7. The molecule has 1 amide bonds. The third-order valence-corrected chi connectivity index (χ3v) is 6.65. The number of piperidine rings is 1. The molecule has 2 aliphatic rings. The number of carbonyl (C=O) groups is 1. The Balaban J connectivity index is 1.19. The number of likely N-dealkylation sites (tertiary alicyclic amines) is 1. The quantitative estimate of drug-likeness (QED) is 0.646. The van der Waals surface area contributed by atoms with E-state index in [0.717, 1.165) is 65.0 Å². The van der Waals surface area contributed by atoms with Gasteiger partial charge in [0.25, 0.3) is 0 Å². The summed E-state index contributed by atoms with van der Waals surface area (Å²) in [4.78, 5) is 20.0. The minimum atomic E-state index is 0.357. The van der Waals surface area contributed by atoms with Gasteiger partial charge in [-0.1, -0.05) is 48.5 Å². The number of para-hydroxylation sites is 1. The van der Waals surface area contributed by atoms with E-state index in [-0.39, 0.29) is 0 Å². The number of hydrogen-bond donors (Lipinski definition) is 0. The molecule has 2 fully saturated rings. The molecule has 30 heavy (non-hydrogen) atoms. The molecule has 1 unspecified atom stereocenters. The van der Waals surface area contributed by atoms with Crippen LogP contribution in [-0.4, -0.2) is 61.0 Å². The summed E-state index contributed by atoms with van der Waals surface area (Å²) in [6, 6.07) is 21.8. The third-order valence-electron chi connectivity index (χ3n) is 6.65. The first-order chi connectivity index (χ1) is 14.8. The molecule has 0 aliphatic carbocycles. The van der Waals surface area contributed by atoms with Gasteiger partial charge in [0.2, 0.25) is 5.91 Å². The lowest BCUT2D eigenvalue weighted by Gasteiger charge is -2.44. The Morgan fingerprint density at radius 1 is 0.833 bits per heavy atom. The van der Waals surface area contributed by atoms with Crippen molar-refractivity contribution >= 4 is 11.6 Å². The highest BCUT2D eigenvalue weighted by atomic mass is 16.2. The van der Waals surface area contributed by atoms with Crippen molar-refractivity contribution in [2.45, 2.75) is 44.6 Å². The number of aryl methyl sites for hydroxylation is 1. The first-order valence-corrected chi connectivity index (χ1v) is 11.7. The molecule has 2 heterocycles. The van der Waals surface area contributed by atoms with Crippen molar-refractivity contribution in [1.82, 2.24) is 9.80 Å². The van der Waals surface area contributed by atoms with Gasteiger partial charge in [0.1, 0.15) is 0 Å². The van der Waals surface area contributed by atoms with Crippen LogP contribution in [0.25, 0.3) is 0 Å². The summed E-state index contributed by atoms with van der Waals surface area (Å²) in [5.41, 5.74) is 2.70. The zero-order chi connectivity index (χ0) is 20.6. The third kappa shape index (κ3) is 5.63. The highest BCUT2D eigenvalue weighted by molar-refractivity contribution is 5.76. The van der Waals surface area contributed by atoms with E-state index in [4.69, 9.17) is 0 Å². The maximum absolute atomic E-state index is 12.8. The minimum absolute atomic E-state index is 0.357. The summed E-state index contributed by atoms with van der Waals surface area (Å²) in [6.45, 7) is 6.21. The summed E-state index contributed by atoms with van der Waals surface area (Å²) in [7, 11) is 0. The Kier molecular flexibility index (Phi) is 7.41. The fraction of sp³-hybridized carbons (Fsp3) is 0.500. The average Bonchev–Trinajstić information content (AvgIpc) is 2.83. The van der Waals surface area contributed by atoms with Gasteiger partial charge in [-0.15, -0.1) is 0 Å². The molecule has 0 aromatic heterocycles. The Morgan fingerprint density at radius 2 is 1.53 bits per heavy atom. The zero-order valence-electron chi connectivity index (χ0n) is 18.1. The number of benzene rings is 2. The van der Waals surface area contributed by atoms with Crippen LogP contribution >= 0.6 is 0 Å². The van der Waals surface area contributed by atoms with Gasteiger partial charge >= 0.3 is 0 Å². The number of unbranched alkanes of at least 4 members (excludes halogenated alkanes) is 1. The van der Waals surface area contributed by atoms with Crippen LogP contribution in [0.15, 0.2) is 60.7 Å². The lowest BCUT2D eigenvalue weighted by molar-refractivity contribution is -0.133. The Bertz CT molecular complexity index is 771. The second-order valence-corrected chi connectivity index (χ2v) is 8.69. The van der Waals surface area contributed by atoms with Crippen LogP contribution in [0.5, 0.6) is 0 Å². The van der Waals surface area contributed by atoms with Crippen LogP contribution in [0.3, 0.4) is 0 Å². The van der Waals surface area contributed by atoms with E-state index in [1.54, 1.807) is 0 Å². The van der Waals surface area contributed by atoms with Crippen LogP contribution in [-0.2, 0) is 11.2 Å². The van der Waals surface area contributed by atoms with E-state index < -0.39 is 0 Å². The molecule has 0 N–H and O–H groups in total. The highest BCUT2D eigenvalue weighted by Crippen LogP contribution is 2.21. The Labute approximate surface area is 181 Å². The molecule has 2 saturated heterocycles. The van der Waals surface area contributed by atoms with Crippen LogP contribution < -0.4 is 4.90 Å². The fourth-order valence-corrected chi connectivity index (χ4v) is 4.87. The van der Waals surface area contributed by atoms with Crippen molar-refractivity contribution < 1.29 is 4.79 Å². The van der Waals surface area contributed by atoms with Gasteiger partial charge in [0.15, 0.2) is 0 Å². The molecule has 4 heteroatoms. The lowest BCUT2D eigenvalue weighted by Crippen LogP contribution is -2.55. The van der Waals surface area contributed by atoms with E-state index in [2.05, 4.69) is 75.4 Å². The van der Waals surface area contributed by atoms with Crippen LogP contribution in [0, 0.1) is 0 Å². The van der Waals surface area contributed by atoms with Gasteiger partial charge in [0, 0.05) is 57.4 Å². The number of carbonyl (C=O) groups excluding carboxylic acids is 1. The monoisotopic (exact) mass is 405 g/mol. The average molecular weight is 406 g/mol. The van der Waals surface area contributed by atoms with Crippen molar-refractivity contribution in [2.24, 2.45) is 0 Å². The number of piperazine rings is 1. The van der Waals surface area contributed by atoms with Gasteiger partial charge in [-0.2, -0.15) is 0 Å². The van der Waals surface area contributed by atoms with E-state index in [1.807, 2.05) is 0 Å². The van der Waals surface area contributed by atoms with Gasteiger partial charge in [-0.3, -0.25) is 9.69 Å². The predicted octanol–water partition coefficient (Wildman–Crippen LogP) is 4.21. The van der Waals surface area contributed by atoms with E-state index in [1.165, 1.54) is 17.7 Å². The van der Waals surface area contributed by atoms with Crippen molar-refractivity contribution in [3.8, 4) is 0 Å². The first-order valence-electron chi connectivity index (χ1n) is 11.7. The lowest BCUT2D eigenvalue weighted by atomic mass is 10.0. The van der Waals surface area contributed by atoms with Crippen LogP contribution in [0.1, 0.15) is 37.7 Å². The number of anilines is 1. The summed E-state index contributed by atoms with van der Waals surface area (Å²) in [6.07, 6.45) is 6.21. The van der Waals surface area contributed by atoms with Crippen molar-refractivity contribution in [3.05, 3.63) is 66.2 Å². The number of hydrogen-bond acceptors (Lipinski definition) is 3. The topological polar surface area (TPSA) is 26.8 Å².